The molecule has 0 spiro atoms. The van der Waals surface area contributed by atoms with Crippen LogP contribution in [0, 0.1) is 5.92 Å². The van der Waals surface area contributed by atoms with Crippen LogP contribution in [0.4, 0.5) is 0 Å². The number of hydrogen-bond acceptors (Lipinski definition) is 7. The van der Waals surface area contributed by atoms with Crippen molar-refractivity contribution in [2.75, 3.05) is 14.2 Å². The predicted octanol–water partition coefficient (Wildman–Crippen LogP) is 0.599. The lowest BCUT2D eigenvalue weighted by molar-refractivity contribution is -0.148. The maximum atomic E-state index is 12.7. The third kappa shape index (κ3) is 5.53. The van der Waals surface area contributed by atoms with Crippen molar-refractivity contribution in [1.82, 2.24) is 14.5 Å². The summed E-state index contributed by atoms with van der Waals surface area (Å²) < 4.78 is 17.8. The standard InChI is InChI=1S/C21H27N3O7/c1-12(2)18(22-19(26)13-7-15(29-5)10-16(8-13)30-6)20(27)31-11-14-9-17(25)24(4)21(28)23(14)3/h7-10,12,18H,11H2,1-6H3,(H,22,26)/t18-/m0/s1. The minimum absolute atomic E-state index is 0.243. The lowest BCUT2D eigenvalue weighted by Crippen LogP contribution is -2.45. The molecule has 10 nitrogen and oxygen atoms in total. The molecule has 10 heteroatoms. The molecule has 0 fully saturated rings. The van der Waals surface area contributed by atoms with E-state index >= 15 is 0 Å². The highest BCUT2D eigenvalue weighted by molar-refractivity contribution is 5.97. The molecule has 168 valence electrons. The van der Waals surface area contributed by atoms with Gasteiger partial charge < -0.3 is 19.5 Å². The molecule has 0 bridgehead atoms. The molecular weight excluding hydrogens is 406 g/mol. The quantitative estimate of drug-likeness (QED) is 0.606. The maximum Gasteiger partial charge on any atom is 0.330 e. The topological polar surface area (TPSA) is 118 Å². The summed E-state index contributed by atoms with van der Waals surface area (Å²) in [7, 11) is 5.77. The Kier molecular flexibility index (Phi) is 7.62. The van der Waals surface area contributed by atoms with Gasteiger partial charge in [0.25, 0.3) is 11.5 Å². The molecule has 0 aliphatic rings. The predicted molar refractivity (Wildman–Crippen MR) is 112 cm³/mol. The molecule has 1 amide bonds. The summed E-state index contributed by atoms with van der Waals surface area (Å²) in [6.45, 7) is 3.23. The number of carbonyl (C=O) groups is 2. The van der Waals surface area contributed by atoms with E-state index in [-0.39, 0.29) is 23.8 Å². The van der Waals surface area contributed by atoms with Crippen LogP contribution in [-0.2, 0) is 30.2 Å². The summed E-state index contributed by atoms with van der Waals surface area (Å²) in [5.41, 5.74) is -0.537. The van der Waals surface area contributed by atoms with Crippen molar-refractivity contribution in [2.24, 2.45) is 20.0 Å². The third-order valence-corrected chi connectivity index (χ3v) is 4.81. The number of amides is 1. The minimum Gasteiger partial charge on any atom is -0.497 e. The summed E-state index contributed by atoms with van der Waals surface area (Å²) in [6.07, 6.45) is 0. The van der Waals surface area contributed by atoms with Crippen LogP contribution < -0.4 is 26.0 Å². The highest BCUT2D eigenvalue weighted by Gasteiger charge is 2.27. The first-order chi connectivity index (χ1) is 14.6. The van der Waals surface area contributed by atoms with Gasteiger partial charge >= 0.3 is 11.7 Å². The van der Waals surface area contributed by atoms with Gasteiger partial charge in [-0.05, 0) is 18.1 Å². The Morgan fingerprint density at radius 1 is 0.968 bits per heavy atom. The number of hydrogen-bond donors (Lipinski definition) is 1. The van der Waals surface area contributed by atoms with E-state index in [1.165, 1.54) is 51.1 Å². The molecular formula is C21H27N3O7. The minimum atomic E-state index is -0.951. The van der Waals surface area contributed by atoms with Gasteiger partial charge in [-0.15, -0.1) is 0 Å². The van der Waals surface area contributed by atoms with Gasteiger partial charge in [0.05, 0.1) is 19.9 Å². The Morgan fingerprint density at radius 2 is 1.55 bits per heavy atom. The van der Waals surface area contributed by atoms with E-state index in [4.69, 9.17) is 14.2 Å². The van der Waals surface area contributed by atoms with Crippen molar-refractivity contribution in [2.45, 2.75) is 26.5 Å². The fraction of sp³-hybridized carbons (Fsp3) is 0.429. The van der Waals surface area contributed by atoms with Gasteiger partial charge in [0.15, 0.2) is 0 Å². The van der Waals surface area contributed by atoms with Crippen LogP contribution in [0.15, 0.2) is 33.9 Å². The number of nitrogens with zero attached hydrogens (tertiary/aromatic N) is 2. The lowest BCUT2D eigenvalue weighted by atomic mass is 10.0. The average Bonchev–Trinajstić information content (AvgIpc) is 2.76. The molecule has 1 heterocycles. The Morgan fingerprint density at radius 3 is 2.06 bits per heavy atom. The van der Waals surface area contributed by atoms with Crippen molar-refractivity contribution in [1.29, 1.82) is 0 Å². The summed E-state index contributed by atoms with van der Waals surface area (Å²) in [5, 5.41) is 2.66. The van der Waals surface area contributed by atoms with E-state index < -0.39 is 29.2 Å². The molecule has 0 radical (unpaired) electrons. The molecule has 0 saturated carbocycles. The number of esters is 1. The summed E-state index contributed by atoms with van der Waals surface area (Å²) in [4.78, 5) is 49.2. The largest absolute Gasteiger partial charge is 0.497 e. The summed E-state index contributed by atoms with van der Waals surface area (Å²) in [6, 6.07) is 4.94. The average molecular weight is 433 g/mol. The van der Waals surface area contributed by atoms with Gasteiger partial charge in [0.1, 0.15) is 24.1 Å². The molecule has 0 aliphatic carbocycles. The number of nitrogens with one attached hydrogen (secondary N) is 1. The van der Waals surface area contributed by atoms with E-state index in [2.05, 4.69) is 5.32 Å². The van der Waals surface area contributed by atoms with Crippen LogP contribution >= 0.6 is 0 Å². The second-order valence-corrected chi connectivity index (χ2v) is 7.28. The van der Waals surface area contributed by atoms with E-state index in [1.807, 2.05) is 0 Å². The Hall–Kier alpha value is -3.56. The zero-order valence-corrected chi connectivity index (χ0v) is 18.4. The summed E-state index contributed by atoms with van der Waals surface area (Å²) in [5.74, 6) is -0.615. The van der Waals surface area contributed by atoms with Gasteiger partial charge in [-0.3, -0.25) is 18.7 Å². The second kappa shape index (κ2) is 9.96. The summed E-state index contributed by atoms with van der Waals surface area (Å²) >= 11 is 0. The molecule has 31 heavy (non-hydrogen) atoms. The first-order valence-corrected chi connectivity index (χ1v) is 9.55. The normalized spacial score (nSPS) is 11.7. The Balaban J connectivity index is 2.18. The molecule has 2 aromatic rings. The monoisotopic (exact) mass is 433 g/mol. The van der Waals surface area contributed by atoms with Gasteiger partial charge in [-0.2, -0.15) is 0 Å². The van der Waals surface area contributed by atoms with Crippen LogP contribution in [0.25, 0.3) is 0 Å². The van der Waals surface area contributed by atoms with E-state index in [0.29, 0.717) is 11.5 Å². The number of rotatable bonds is 8. The molecule has 0 saturated heterocycles. The zero-order chi connectivity index (χ0) is 23.3. The fourth-order valence-corrected chi connectivity index (χ4v) is 2.81. The SMILES string of the molecule is COc1cc(OC)cc(C(=O)N[C@H](C(=O)OCc2cc(=O)n(C)c(=O)n2C)C(C)C)c1. The highest BCUT2D eigenvalue weighted by Crippen LogP contribution is 2.22. The molecule has 1 aromatic carbocycles. The van der Waals surface area contributed by atoms with Crippen molar-refractivity contribution in [3.05, 3.63) is 56.4 Å². The number of aromatic nitrogens is 2. The molecule has 2 rings (SSSR count). The number of ether oxygens (including phenoxy) is 3. The van der Waals surface area contributed by atoms with Gasteiger partial charge in [-0.25, -0.2) is 9.59 Å². The molecule has 0 aliphatic heterocycles. The first kappa shape index (κ1) is 23.7. The second-order valence-electron chi connectivity index (χ2n) is 7.28. The van der Waals surface area contributed by atoms with Crippen LogP contribution in [0.5, 0.6) is 11.5 Å². The van der Waals surface area contributed by atoms with Gasteiger partial charge in [0.2, 0.25) is 0 Å². The Labute approximate surface area is 179 Å². The molecule has 1 atom stereocenters. The molecule has 1 aromatic heterocycles. The van der Waals surface area contributed by atoms with Crippen molar-refractivity contribution in [3.63, 3.8) is 0 Å². The third-order valence-electron chi connectivity index (χ3n) is 4.81. The fourth-order valence-electron chi connectivity index (χ4n) is 2.81. The van der Waals surface area contributed by atoms with Crippen molar-refractivity contribution < 1.29 is 23.8 Å². The highest BCUT2D eigenvalue weighted by atomic mass is 16.5. The van der Waals surface area contributed by atoms with Crippen LogP contribution in [-0.4, -0.2) is 41.3 Å². The number of carbonyl (C=O) groups excluding carboxylic acids is 2. The van der Waals surface area contributed by atoms with Crippen molar-refractivity contribution >= 4 is 11.9 Å². The lowest BCUT2D eigenvalue weighted by Gasteiger charge is -2.21. The van der Waals surface area contributed by atoms with Crippen LogP contribution in [0.1, 0.15) is 29.9 Å². The smallest absolute Gasteiger partial charge is 0.330 e. The van der Waals surface area contributed by atoms with Gasteiger partial charge in [-0.1, -0.05) is 13.8 Å². The molecule has 1 N–H and O–H groups in total. The van der Waals surface area contributed by atoms with Crippen molar-refractivity contribution in [3.8, 4) is 11.5 Å². The van der Waals surface area contributed by atoms with Crippen LogP contribution in [0.3, 0.4) is 0 Å². The van der Waals surface area contributed by atoms with E-state index in [0.717, 1.165) is 4.57 Å². The van der Waals surface area contributed by atoms with E-state index in [1.54, 1.807) is 19.9 Å². The van der Waals surface area contributed by atoms with E-state index in [9.17, 15) is 19.2 Å². The maximum absolute atomic E-state index is 12.7. The van der Waals surface area contributed by atoms with Gasteiger partial charge in [0, 0.05) is 31.8 Å². The molecule has 0 unspecified atom stereocenters. The zero-order valence-electron chi connectivity index (χ0n) is 18.4. The van der Waals surface area contributed by atoms with Crippen LogP contribution in [0.2, 0.25) is 0 Å². The first-order valence-electron chi connectivity index (χ1n) is 9.55. The number of benzene rings is 1. The number of methoxy groups -OCH3 is 2. The Bertz CT molecular complexity index is 1060.